The Morgan fingerprint density at radius 2 is 2.11 bits per heavy atom. The summed E-state index contributed by atoms with van der Waals surface area (Å²) >= 11 is 0. The molecule has 4 heteroatoms. The van der Waals surface area contributed by atoms with Crippen molar-refractivity contribution in [3.05, 3.63) is 29.6 Å². The first-order valence-corrected chi connectivity index (χ1v) is 6.32. The van der Waals surface area contributed by atoms with E-state index in [9.17, 15) is 4.79 Å². The Hall–Kier alpha value is -1.42. The molecule has 0 radical (unpaired) electrons. The summed E-state index contributed by atoms with van der Waals surface area (Å²) in [4.78, 5) is 15.7. The second-order valence-corrected chi connectivity index (χ2v) is 4.19. The highest BCUT2D eigenvalue weighted by atomic mass is 16.5. The molecular formula is C14H21NO3. The van der Waals surface area contributed by atoms with E-state index in [2.05, 4.69) is 18.8 Å². The van der Waals surface area contributed by atoms with Crippen LogP contribution >= 0.6 is 0 Å². The van der Waals surface area contributed by atoms with Crippen LogP contribution in [0.4, 0.5) is 0 Å². The largest absolute Gasteiger partial charge is 0.465 e. The monoisotopic (exact) mass is 251 g/mol. The Balaban J connectivity index is 2.59. The van der Waals surface area contributed by atoms with Crippen molar-refractivity contribution in [1.29, 1.82) is 0 Å². The number of esters is 1. The van der Waals surface area contributed by atoms with Gasteiger partial charge in [0.25, 0.3) is 0 Å². The highest BCUT2D eigenvalue weighted by Gasteiger charge is 2.12. The third kappa shape index (κ3) is 4.11. The smallest absolute Gasteiger partial charge is 0.339 e. The van der Waals surface area contributed by atoms with Gasteiger partial charge in [-0.1, -0.05) is 26.7 Å². The number of carbonyl (C=O) groups is 1. The number of hydrogen-bond acceptors (Lipinski definition) is 4. The average Bonchev–Trinajstić information content (AvgIpc) is 2.43. The first kappa shape index (κ1) is 14.6. The molecule has 0 aliphatic carbocycles. The molecule has 1 rings (SSSR count). The molecule has 4 nitrogen and oxygen atoms in total. The summed E-state index contributed by atoms with van der Waals surface area (Å²) in [5.74, 6) is 0.194. The third-order valence-corrected chi connectivity index (χ3v) is 3.04. The van der Waals surface area contributed by atoms with E-state index in [1.165, 1.54) is 7.11 Å². The van der Waals surface area contributed by atoms with Gasteiger partial charge >= 0.3 is 5.97 Å². The van der Waals surface area contributed by atoms with E-state index in [1.54, 1.807) is 18.3 Å². The van der Waals surface area contributed by atoms with Gasteiger partial charge in [0.1, 0.15) is 0 Å². The van der Waals surface area contributed by atoms with Crippen molar-refractivity contribution in [3.63, 3.8) is 0 Å². The summed E-state index contributed by atoms with van der Waals surface area (Å²) in [6.45, 7) is 5.35. The summed E-state index contributed by atoms with van der Waals surface area (Å²) in [7, 11) is 1.37. The van der Waals surface area contributed by atoms with Crippen LogP contribution in [0.3, 0.4) is 0 Å². The van der Waals surface area contributed by atoms with Crippen LogP contribution in [-0.4, -0.2) is 24.7 Å². The minimum absolute atomic E-state index is 0.349. The van der Waals surface area contributed by atoms with Gasteiger partial charge in [-0.2, -0.15) is 0 Å². The maximum absolute atomic E-state index is 11.5. The number of methoxy groups -OCH3 is 1. The molecule has 100 valence electrons. The molecule has 0 bridgehead atoms. The molecule has 0 saturated carbocycles. The lowest BCUT2D eigenvalue weighted by molar-refractivity contribution is 0.0580. The summed E-state index contributed by atoms with van der Waals surface area (Å²) in [6.07, 6.45) is 3.85. The lowest BCUT2D eigenvalue weighted by atomic mass is 10.1. The second-order valence-electron chi connectivity index (χ2n) is 4.19. The molecule has 0 saturated heterocycles. The molecule has 0 N–H and O–H groups in total. The highest BCUT2D eigenvalue weighted by molar-refractivity contribution is 5.90. The molecule has 1 aromatic heterocycles. The molecule has 0 aliphatic heterocycles. The Morgan fingerprint density at radius 3 is 2.72 bits per heavy atom. The molecule has 1 heterocycles. The maximum atomic E-state index is 11.5. The van der Waals surface area contributed by atoms with E-state index in [1.807, 2.05) is 0 Å². The summed E-state index contributed by atoms with van der Waals surface area (Å²) in [6, 6.07) is 3.42. The van der Waals surface area contributed by atoms with Crippen LogP contribution in [0.15, 0.2) is 18.3 Å². The molecule has 0 aromatic carbocycles. The fraction of sp³-hybridized carbons (Fsp3) is 0.571. The summed E-state index contributed by atoms with van der Waals surface area (Å²) in [5.41, 5.74) is 1.11. The van der Waals surface area contributed by atoms with E-state index < -0.39 is 0 Å². The van der Waals surface area contributed by atoms with E-state index in [0.717, 1.165) is 12.8 Å². The Labute approximate surface area is 108 Å². The average molecular weight is 251 g/mol. The van der Waals surface area contributed by atoms with Crippen LogP contribution in [0.1, 0.15) is 42.7 Å². The summed E-state index contributed by atoms with van der Waals surface area (Å²) < 4.78 is 10.3. The first-order valence-electron chi connectivity index (χ1n) is 6.32. The van der Waals surface area contributed by atoms with E-state index in [-0.39, 0.29) is 5.97 Å². The van der Waals surface area contributed by atoms with Crippen LogP contribution in [0.2, 0.25) is 0 Å². The fourth-order valence-electron chi connectivity index (χ4n) is 1.70. The predicted octanol–water partition coefficient (Wildman–Crippen LogP) is 2.82. The van der Waals surface area contributed by atoms with E-state index in [0.29, 0.717) is 30.4 Å². The van der Waals surface area contributed by atoms with Crippen LogP contribution in [0.5, 0.6) is 0 Å². The Kier molecular flexibility index (Phi) is 6.36. The van der Waals surface area contributed by atoms with Gasteiger partial charge in [-0.25, -0.2) is 4.79 Å². The predicted molar refractivity (Wildman–Crippen MR) is 69.3 cm³/mol. The standard InChI is InChI=1S/C14H21NO3/c1-4-11(5-2)9-18-10-13-12(14(16)17-3)7-6-8-15-13/h6-8,11H,4-5,9-10H2,1-3H3. The van der Waals surface area contributed by atoms with Gasteiger partial charge < -0.3 is 9.47 Å². The van der Waals surface area contributed by atoms with E-state index in [4.69, 9.17) is 9.47 Å². The number of nitrogens with zero attached hydrogens (tertiary/aromatic N) is 1. The quantitative estimate of drug-likeness (QED) is 0.699. The third-order valence-electron chi connectivity index (χ3n) is 3.04. The van der Waals surface area contributed by atoms with Crippen molar-refractivity contribution in [2.24, 2.45) is 5.92 Å². The zero-order valence-electron chi connectivity index (χ0n) is 11.3. The number of hydrogen-bond donors (Lipinski definition) is 0. The van der Waals surface area contributed by atoms with Crippen LogP contribution in [-0.2, 0) is 16.1 Å². The molecule has 18 heavy (non-hydrogen) atoms. The van der Waals surface area contributed by atoms with Crippen LogP contribution in [0, 0.1) is 5.92 Å². The normalized spacial score (nSPS) is 10.7. The fourth-order valence-corrected chi connectivity index (χ4v) is 1.70. The number of ether oxygens (including phenoxy) is 2. The van der Waals surface area contributed by atoms with E-state index >= 15 is 0 Å². The van der Waals surface area contributed by atoms with Crippen molar-refractivity contribution in [2.75, 3.05) is 13.7 Å². The van der Waals surface area contributed by atoms with Gasteiger partial charge in [0.15, 0.2) is 0 Å². The molecule has 0 aliphatic rings. The maximum Gasteiger partial charge on any atom is 0.339 e. The van der Waals surface area contributed by atoms with Gasteiger partial charge in [-0.15, -0.1) is 0 Å². The molecule has 0 amide bonds. The van der Waals surface area contributed by atoms with Crippen molar-refractivity contribution in [2.45, 2.75) is 33.3 Å². The van der Waals surface area contributed by atoms with Gasteiger partial charge in [0.2, 0.25) is 0 Å². The topological polar surface area (TPSA) is 48.4 Å². The number of pyridine rings is 1. The van der Waals surface area contributed by atoms with Crippen molar-refractivity contribution < 1.29 is 14.3 Å². The zero-order chi connectivity index (χ0) is 13.4. The second kappa shape index (κ2) is 7.82. The Morgan fingerprint density at radius 1 is 1.39 bits per heavy atom. The number of rotatable bonds is 7. The van der Waals surface area contributed by atoms with Gasteiger partial charge in [-0.3, -0.25) is 4.98 Å². The van der Waals surface area contributed by atoms with Crippen LogP contribution < -0.4 is 0 Å². The van der Waals surface area contributed by atoms with Crippen molar-refractivity contribution in [1.82, 2.24) is 4.98 Å². The number of carbonyl (C=O) groups excluding carboxylic acids is 1. The first-order chi connectivity index (χ1) is 8.72. The Bertz CT molecular complexity index is 375. The van der Waals surface area contributed by atoms with Crippen molar-refractivity contribution in [3.8, 4) is 0 Å². The molecule has 0 fully saturated rings. The lowest BCUT2D eigenvalue weighted by Crippen LogP contribution is -2.12. The van der Waals surface area contributed by atoms with Gasteiger partial charge in [0.05, 0.1) is 25.0 Å². The summed E-state index contributed by atoms with van der Waals surface area (Å²) in [5, 5.41) is 0. The molecule has 1 aromatic rings. The van der Waals surface area contributed by atoms with Gasteiger partial charge in [0, 0.05) is 12.8 Å². The van der Waals surface area contributed by atoms with Crippen LogP contribution in [0.25, 0.3) is 0 Å². The zero-order valence-corrected chi connectivity index (χ0v) is 11.3. The minimum atomic E-state index is -0.371. The SMILES string of the molecule is CCC(CC)COCc1ncccc1C(=O)OC. The number of aromatic nitrogens is 1. The highest BCUT2D eigenvalue weighted by Crippen LogP contribution is 2.12. The molecule has 0 atom stereocenters. The van der Waals surface area contributed by atoms with Crippen molar-refractivity contribution >= 4 is 5.97 Å². The van der Waals surface area contributed by atoms with Gasteiger partial charge in [-0.05, 0) is 18.1 Å². The lowest BCUT2D eigenvalue weighted by Gasteiger charge is -2.13. The molecule has 0 spiro atoms. The molecular weight excluding hydrogens is 230 g/mol. The minimum Gasteiger partial charge on any atom is -0.465 e. The molecule has 0 unspecified atom stereocenters.